The molecule has 0 saturated carbocycles. The number of halogens is 1. The van der Waals surface area contributed by atoms with Gasteiger partial charge in [-0.2, -0.15) is 0 Å². The number of nitrogens with zero attached hydrogens (tertiary/aromatic N) is 1. The molecule has 3 N–H and O–H groups in total. The van der Waals surface area contributed by atoms with E-state index in [0.29, 0.717) is 18.7 Å². The molecule has 3 amide bonds. The predicted octanol–water partition coefficient (Wildman–Crippen LogP) is 1.35. The van der Waals surface area contributed by atoms with Crippen molar-refractivity contribution in [3.05, 3.63) is 46.6 Å². The van der Waals surface area contributed by atoms with Crippen LogP contribution in [0.1, 0.15) is 33.9 Å². The number of carbonyl (C=O) groups is 3. The lowest BCUT2D eigenvalue weighted by Gasteiger charge is -2.08. The van der Waals surface area contributed by atoms with Gasteiger partial charge in [0.15, 0.2) is 5.76 Å². The Hall–Kier alpha value is -2.55. The molecule has 0 aliphatic carbocycles. The largest absolute Gasteiger partial charge is 0.459 e. The first kappa shape index (κ1) is 17.8. The van der Waals surface area contributed by atoms with Crippen molar-refractivity contribution in [3.8, 4) is 0 Å². The minimum atomic E-state index is -0.414. The highest BCUT2D eigenvalue weighted by atomic mass is 79.9. The van der Waals surface area contributed by atoms with E-state index in [1.165, 1.54) is 6.26 Å². The first-order chi connectivity index (χ1) is 11.5. The molecule has 0 atom stereocenters. The van der Waals surface area contributed by atoms with E-state index in [-0.39, 0.29) is 24.0 Å². The SMILES string of the molecule is Cn1cc(Br)cc1C(=O)NNC(=O)CCCNC(=O)c1ccco1. The predicted molar refractivity (Wildman–Crippen MR) is 89.0 cm³/mol. The van der Waals surface area contributed by atoms with Crippen LogP contribution in [-0.2, 0) is 11.8 Å². The fourth-order valence-corrected chi connectivity index (χ4v) is 2.47. The van der Waals surface area contributed by atoms with E-state index in [1.54, 1.807) is 36.0 Å². The second-order valence-electron chi connectivity index (χ2n) is 4.99. The molecule has 2 rings (SSSR count). The number of furan rings is 1. The van der Waals surface area contributed by atoms with E-state index in [1.807, 2.05) is 0 Å². The maximum absolute atomic E-state index is 11.9. The monoisotopic (exact) mass is 396 g/mol. The molecule has 0 aromatic carbocycles. The van der Waals surface area contributed by atoms with Gasteiger partial charge in [0.25, 0.3) is 11.8 Å². The zero-order valence-corrected chi connectivity index (χ0v) is 14.6. The normalized spacial score (nSPS) is 10.2. The van der Waals surface area contributed by atoms with Crippen molar-refractivity contribution in [1.82, 2.24) is 20.7 Å². The Morgan fingerprint density at radius 1 is 1.25 bits per heavy atom. The quantitative estimate of drug-likeness (QED) is 0.506. The summed E-state index contributed by atoms with van der Waals surface area (Å²) in [4.78, 5) is 35.2. The standard InChI is InChI=1S/C15H17BrN4O4/c1-20-9-10(16)8-11(20)14(22)19-18-13(21)5-2-6-17-15(23)12-4-3-7-24-12/h3-4,7-9H,2,5-6H2,1H3,(H,17,23)(H,18,21)(H,19,22). The highest BCUT2D eigenvalue weighted by Crippen LogP contribution is 2.13. The topological polar surface area (TPSA) is 105 Å². The van der Waals surface area contributed by atoms with Crippen LogP contribution in [-0.4, -0.2) is 28.8 Å². The molecule has 0 bridgehead atoms. The van der Waals surface area contributed by atoms with Gasteiger partial charge in [0.05, 0.1) is 6.26 Å². The summed E-state index contributed by atoms with van der Waals surface area (Å²) in [5.74, 6) is -0.866. The van der Waals surface area contributed by atoms with E-state index >= 15 is 0 Å². The van der Waals surface area contributed by atoms with Crippen molar-refractivity contribution in [2.24, 2.45) is 7.05 Å². The number of aromatic nitrogens is 1. The van der Waals surface area contributed by atoms with Crippen LogP contribution >= 0.6 is 15.9 Å². The molecular weight excluding hydrogens is 380 g/mol. The second-order valence-corrected chi connectivity index (χ2v) is 5.91. The molecule has 2 heterocycles. The third kappa shape index (κ3) is 4.98. The molecule has 2 aromatic heterocycles. The summed E-state index contributed by atoms with van der Waals surface area (Å²) >= 11 is 3.27. The van der Waals surface area contributed by atoms with Crippen LogP contribution in [0.4, 0.5) is 0 Å². The van der Waals surface area contributed by atoms with Gasteiger partial charge in [-0.05, 0) is 40.5 Å². The molecule has 0 radical (unpaired) electrons. The van der Waals surface area contributed by atoms with E-state index in [2.05, 4.69) is 32.1 Å². The number of nitrogens with one attached hydrogen (secondary N) is 3. The fraction of sp³-hybridized carbons (Fsp3) is 0.267. The summed E-state index contributed by atoms with van der Waals surface area (Å²) in [6, 6.07) is 4.82. The molecule has 0 aliphatic rings. The maximum Gasteiger partial charge on any atom is 0.286 e. The fourth-order valence-electron chi connectivity index (χ4n) is 1.95. The van der Waals surface area contributed by atoms with Crippen LogP contribution in [0.3, 0.4) is 0 Å². The van der Waals surface area contributed by atoms with Crippen molar-refractivity contribution >= 4 is 33.7 Å². The Labute approximate surface area is 146 Å². The highest BCUT2D eigenvalue weighted by Gasteiger charge is 2.12. The molecule has 0 spiro atoms. The zero-order chi connectivity index (χ0) is 17.5. The Morgan fingerprint density at radius 2 is 2.04 bits per heavy atom. The molecule has 2 aromatic rings. The maximum atomic E-state index is 11.9. The minimum absolute atomic E-state index is 0.162. The zero-order valence-electron chi connectivity index (χ0n) is 13.0. The van der Waals surface area contributed by atoms with E-state index in [4.69, 9.17) is 4.42 Å². The second kappa shape index (κ2) is 8.34. The van der Waals surface area contributed by atoms with Crippen LogP contribution in [0.25, 0.3) is 0 Å². The van der Waals surface area contributed by atoms with Crippen molar-refractivity contribution in [3.63, 3.8) is 0 Å². The molecular formula is C15H17BrN4O4. The Bertz CT molecular complexity index is 724. The van der Waals surface area contributed by atoms with Gasteiger partial charge in [-0.25, -0.2) is 0 Å². The number of amides is 3. The smallest absolute Gasteiger partial charge is 0.286 e. The van der Waals surface area contributed by atoms with Gasteiger partial charge in [-0.1, -0.05) is 0 Å². The third-order valence-corrected chi connectivity index (χ3v) is 3.56. The molecule has 24 heavy (non-hydrogen) atoms. The molecule has 128 valence electrons. The van der Waals surface area contributed by atoms with Crippen LogP contribution < -0.4 is 16.2 Å². The number of carbonyl (C=O) groups excluding carboxylic acids is 3. The minimum Gasteiger partial charge on any atom is -0.459 e. The van der Waals surface area contributed by atoms with Gasteiger partial charge in [-0.15, -0.1) is 0 Å². The summed E-state index contributed by atoms with van der Waals surface area (Å²) in [6.45, 7) is 0.325. The van der Waals surface area contributed by atoms with Crippen molar-refractivity contribution in [1.29, 1.82) is 0 Å². The Balaban J connectivity index is 1.64. The Kier molecular flexibility index (Phi) is 6.19. The molecule has 0 fully saturated rings. The number of aryl methyl sites for hydroxylation is 1. The van der Waals surface area contributed by atoms with Gasteiger partial charge < -0.3 is 14.3 Å². The third-order valence-electron chi connectivity index (χ3n) is 3.13. The van der Waals surface area contributed by atoms with Gasteiger partial charge in [-0.3, -0.25) is 25.2 Å². The molecule has 0 saturated heterocycles. The van der Waals surface area contributed by atoms with E-state index < -0.39 is 5.91 Å². The van der Waals surface area contributed by atoms with Gasteiger partial charge in [0, 0.05) is 30.7 Å². The summed E-state index contributed by atoms with van der Waals surface area (Å²) < 4.78 is 7.35. The lowest BCUT2D eigenvalue weighted by Crippen LogP contribution is -2.42. The highest BCUT2D eigenvalue weighted by molar-refractivity contribution is 9.10. The summed E-state index contributed by atoms with van der Waals surface area (Å²) in [5.41, 5.74) is 5.09. The lowest BCUT2D eigenvalue weighted by atomic mass is 10.3. The molecule has 0 unspecified atom stereocenters. The first-order valence-corrected chi connectivity index (χ1v) is 7.99. The first-order valence-electron chi connectivity index (χ1n) is 7.20. The van der Waals surface area contributed by atoms with Crippen molar-refractivity contribution in [2.75, 3.05) is 6.54 Å². The van der Waals surface area contributed by atoms with Gasteiger partial charge in [0.1, 0.15) is 5.69 Å². The summed E-state index contributed by atoms with van der Waals surface area (Å²) in [6.07, 6.45) is 3.74. The molecule has 0 aliphatic heterocycles. The molecule has 8 nitrogen and oxygen atoms in total. The lowest BCUT2D eigenvalue weighted by molar-refractivity contribution is -0.121. The average molecular weight is 397 g/mol. The van der Waals surface area contributed by atoms with E-state index in [0.717, 1.165) is 4.47 Å². The summed E-state index contributed by atoms with van der Waals surface area (Å²) in [5, 5.41) is 2.63. The number of hydrazine groups is 1. The van der Waals surface area contributed by atoms with Crippen molar-refractivity contribution < 1.29 is 18.8 Å². The van der Waals surface area contributed by atoms with Crippen LogP contribution in [0.2, 0.25) is 0 Å². The average Bonchev–Trinajstić information content (AvgIpc) is 3.18. The summed E-state index contributed by atoms with van der Waals surface area (Å²) in [7, 11) is 1.73. The number of rotatable bonds is 6. The van der Waals surface area contributed by atoms with Gasteiger partial charge in [0.2, 0.25) is 5.91 Å². The Morgan fingerprint density at radius 3 is 2.67 bits per heavy atom. The van der Waals surface area contributed by atoms with Crippen LogP contribution in [0, 0.1) is 0 Å². The van der Waals surface area contributed by atoms with Crippen LogP contribution in [0.5, 0.6) is 0 Å². The van der Waals surface area contributed by atoms with Crippen molar-refractivity contribution in [2.45, 2.75) is 12.8 Å². The van der Waals surface area contributed by atoms with Gasteiger partial charge >= 0.3 is 0 Å². The number of hydrogen-bond acceptors (Lipinski definition) is 4. The molecule has 9 heteroatoms. The number of hydrogen-bond donors (Lipinski definition) is 3. The van der Waals surface area contributed by atoms with Crippen LogP contribution in [0.15, 0.2) is 39.5 Å². The van der Waals surface area contributed by atoms with E-state index in [9.17, 15) is 14.4 Å².